The molecule has 0 atom stereocenters. The summed E-state index contributed by atoms with van der Waals surface area (Å²) in [5, 5.41) is 2.62. The van der Waals surface area contributed by atoms with Crippen molar-refractivity contribution in [1.29, 1.82) is 0 Å². The number of rotatable bonds is 1. The number of hydrogen-bond donors (Lipinski definition) is 1. The van der Waals surface area contributed by atoms with Gasteiger partial charge in [-0.3, -0.25) is 4.79 Å². The van der Waals surface area contributed by atoms with Crippen molar-refractivity contribution < 1.29 is 4.79 Å². The van der Waals surface area contributed by atoms with Crippen LogP contribution in [0.25, 0.3) is 0 Å². The van der Waals surface area contributed by atoms with Crippen LogP contribution in [-0.4, -0.2) is 10.9 Å². The molecule has 1 heterocycles. The molecule has 1 aromatic rings. The number of carbonyl (C=O) groups excluding carboxylic acids is 1. The summed E-state index contributed by atoms with van der Waals surface area (Å²) in [5.41, 5.74) is 2.07. The molecule has 0 saturated heterocycles. The zero-order valence-corrected chi connectivity index (χ0v) is 7.51. The molecule has 0 aliphatic carbocycles. The summed E-state index contributed by atoms with van der Waals surface area (Å²) in [4.78, 5) is 14.8. The minimum Gasteiger partial charge on any atom is -0.311 e. The van der Waals surface area contributed by atoms with Gasteiger partial charge < -0.3 is 5.32 Å². The third-order valence-corrected chi connectivity index (χ3v) is 1.65. The molecule has 1 rings (SSSR count). The van der Waals surface area contributed by atoms with Crippen molar-refractivity contribution in [1.82, 2.24) is 4.98 Å². The van der Waals surface area contributed by atoms with Crippen molar-refractivity contribution >= 4 is 11.7 Å². The smallest absolute Gasteiger partial charge is 0.222 e. The van der Waals surface area contributed by atoms with Crippen molar-refractivity contribution in [2.24, 2.45) is 0 Å². The van der Waals surface area contributed by atoms with Gasteiger partial charge in [0.15, 0.2) is 0 Å². The van der Waals surface area contributed by atoms with Gasteiger partial charge in [-0.05, 0) is 25.5 Å². The summed E-state index contributed by atoms with van der Waals surface area (Å²) in [5.74, 6) is 0.524. The highest BCUT2D eigenvalue weighted by atomic mass is 16.1. The van der Waals surface area contributed by atoms with Crippen LogP contribution in [0.4, 0.5) is 5.82 Å². The topological polar surface area (TPSA) is 42.0 Å². The van der Waals surface area contributed by atoms with Gasteiger partial charge in [-0.1, -0.05) is 6.07 Å². The lowest BCUT2D eigenvalue weighted by atomic mass is 10.2. The van der Waals surface area contributed by atoms with Crippen LogP contribution in [0.3, 0.4) is 0 Å². The van der Waals surface area contributed by atoms with E-state index in [2.05, 4.69) is 10.3 Å². The van der Waals surface area contributed by atoms with Crippen molar-refractivity contribution in [2.75, 3.05) is 5.32 Å². The average molecular weight is 164 g/mol. The number of pyridine rings is 1. The van der Waals surface area contributed by atoms with Crippen LogP contribution in [0.2, 0.25) is 0 Å². The zero-order valence-electron chi connectivity index (χ0n) is 7.51. The average Bonchev–Trinajstić information content (AvgIpc) is 1.96. The lowest BCUT2D eigenvalue weighted by Gasteiger charge is -2.03. The molecule has 1 N–H and O–H groups in total. The Balaban J connectivity index is 2.89. The maximum atomic E-state index is 10.7. The van der Waals surface area contributed by atoms with E-state index in [4.69, 9.17) is 0 Å². The highest BCUT2D eigenvalue weighted by molar-refractivity contribution is 5.87. The van der Waals surface area contributed by atoms with Gasteiger partial charge in [-0.25, -0.2) is 4.98 Å². The number of anilines is 1. The summed E-state index contributed by atoms with van der Waals surface area (Å²) in [6.45, 7) is 5.37. The predicted molar refractivity (Wildman–Crippen MR) is 48.0 cm³/mol. The molecule has 64 valence electrons. The standard InChI is InChI=1S/C9H12N2O/c1-6-4-5-9(10-7(6)2)11-8(3)12/h4-5H,1-3H3,(H,10,11,12). The van der Waals surface area contributed by atoms with E-state index in [9.17, 15) is 4.79 Å². The molecule has 12 heavy (non-hydrogen) atoms. The summed E-state index contributed by atoms with van der Waals surface area (Å²) < 4.78 is 0. The van der Waals surface area contributed by atoms with E-state index >= 15 is 0 Å². The summed E-state index contributed by atoms with van der Waals surface area (Å²) in [7, 11) is 0. The summed E-state index contributed by atoms with van der Waals surface area (Å²) in [6, 6.07) is 3.73. The fraction of sp³-hybridized carbons (Fsp3) is 0.333. The van der Waals surface area contributed by atoms with Crippen molar-refractivity contribution in [3.8, 4) is 0 Å². The van der Waals surface area contributed by atoms with E-state index in [-0.39, 0.29) is 5.91 Å². The highest BCUT2D eigenvalue weighted by Crippen LogP contribution is 2.08. The Morgan fingerprint density at radius 3 is 2.58 bits per heavy atom. The molecule has 0 radical (unpaired) electrons. The molecule has 0 saturated carbocycles. The first-order valence-electron chi connectivity index (χ1n) is 3.81. The molecular weight excluding hydrogens is 152 g/mol. The van der Waals surface area contributed by atoms with Crippen LogP contribution in [0.1, 0.15) is 18.2 Å². The van der Waals surface area contributed by atoms with Crippen LogP contribution in [0, 0.1) is 13.8 Å². The minimum absolute atomic E-state index is 0.0919. The van der Waals surface area contributed by atoms with Gasteiger partial charge in [0.25, 0.3) is 0 Å². The summed E-state index contributed by atoms with van der Waals surface area (Å²) >= 11 is 0. The Bertz CT molecular complexity index is 307. The number of amides is 1. The van der Waals surface area contributed by atoms with Crippen LogP contribution in [-0.2, 0) is 4.79 Å². The SMILES string of the molecule is CC(=O)Nc1ccc(C)c(C)n1. The van der Waals surface area contributed by atoms with E-state index in [0.29, 0.717) is 5.82 Å². The summed E-state index contributed by atoms with van der Waals surface area (Å²) in [6.07, 6.45) is 0. The second-order valence-corrected chi connectivity index (χ2v) is 2.78. The van der Waals surface area contributed by atoms with E-state index in [1.165, 1.54) is 6.92 Å². The molecule has 0 aliphatic heterocycles. The normalized spacial score (nSPS) is 9.58. The maximum absolute atomic E-state index is 10.7. The molecule has 1 aromatic heterocycles. The van der Waals surface area contributed by atoms with Gasteiger partial charge in [0.05, 0.1) is 0 Å². The van der Waals surface area contributed by atoms with Crippen LogP contribution in [0.15, 0.2) is 12.1 Å². The molecule has 0 aliphatic rings. The zero-order chi connectivity index (χ0) is 9.14. The second-order valence-electron chi connectivity index (χ2n) is 2.78. The Hall–Kier alpha value is -1.38. The van der Waals surface area contributed by atoms with Gasteiger partial charge in [0.2, 0.25) is 5.91 Å². The van der Waals surface area contributed by atoms with Crippen LogP contribution in [0.5, 0.6) is 0 Å². The third kappa shape index (κ3) is 2.05. The van der Waals surface area contributed by atoms with Crippen LogP contribution < -0.4 is 5.32 Å². The third-order valence-electron chi connectivity index (χ3n) is 1.65. The van der Waals surface area contributed by atoms with Gasteiger partial charge in [0, 0.05) is 12.6 Å². The molecular formula is C9H12N2O. The fourth-order valence-corrected chi connectivity index (χ4v) is 0.881. The van der Waals surface area contributed by atoms with E-state index < -0.39 is 0 Å². The Kier molecular flexibility index (Phi) is 2.43. The Morgan fingerprint density at radius 1 is 1.42 bits per heavy atom. The van der Waals surface area contributed by atoms with Crippen molar-refractivity contribution in [3.63, 3.8) is 0 Å². The van der Waals surface area contributed by atoms with Crippen molar-refractivity contribution in [2.45, 2.75) is 20.8 Å². The fourth-order valence-electron chi connectivity index (χ4n) is 0.881. The molecule has 3 nitrogen and oxygen atoms in total. The predicted octanol–water partition coefficient (Wildman–Crippen LogP) is 1.66. The van der Waals surface area contributed by atoms with Gasteiger partial charge in [-0.2, -0.15) is 0 Å². The monoisotopic (exact) mass is 164 g/mol. The van der Waals surface area contributed by atoms with Crippen LogP contribution >= 0.6 is 0 Å². The maximum Gasteiger partial charge on any atom is 0.222 e. The molecule has 0 aromatic carbocycles. The van der Waals surface area contributed by atoms with Gasteiger partial charge in [0.1, 0.15) is 5.82 Å². The second kappa shape index (κ2) is 3.34. The number of aryl methyl sites for hydroxylation is 2. The first kappa shape index (κ1) is 8.71. The number of nitrogens with one attached hydrogen (secondary N) is 1. The van der Waals surface area contributed by atoms with E-state index in [0.717, 1.165) is 11.3 Å². The lowest BCUT2D eigenvalue weighted by molar-refractivity contribution is -0.114. The molecule has 0 bridgehead atoms. The number of nitrogens with zero attached hydrogens (tertiary/aromatic N) is 1. The number of carbonyl (C=O) groups is 1. The van der Waals surface area contributed by atoms with Gasteiger partial charge in [-0.15, -0.1) is 0 Å². The number of aromatic nitrogens is 1. The quantitative estimate of drug-likeness (QED) is 0.685. The van der Waals surface area contributed by atoms with Gasteiger partial charge >= 0.3 is 0 Å². The van der Waals surface area contributed by atoms with E-state index in [1.54, 1.807) is 6.07 Å². The molecule has 0 spiro atoms. The molecule has 0 unspecified atom stereocenters. The molecule has 1 amide bonds. The first-order valence-corrected chi connectivity index (χ1v) is 3.81. The molecule has 0 fully saturated rings. The Morgan fingerprint density at radius 2 is 2.08 bits per heavy atom. The highest BCUT2D eigenvalue weighted by Gasteiger charge is 1.98. The van der Waals surface area contributed by atoms with E-state index in [1.807, 2.05) is 19.9 Å². The number of hydrogen-bond acceptors (Lipinski definition) is 2. The van der Waals surface area contributed by atoms with Crippen molar-refractivity contribution in [3.05, 3.63) is 23.4 Å². The Labute approximate surface area is 71.8 Å². The largest absolute Gasteiger partial charge is 0.311 e. The minimum atomic E-state index is -0.0919. The lowest BCUT2D eigenvalue weighted by Crippen LogP contribution is -2.07. The first-order chi connectivity index (χ1) is 5.59. The molecule has 3 heteroatoms.